The minimum absolute atomic E-state index is 0.0510. The number of thiazole rings is 1. The average molecular weight is 377 g/mol. The highest BCUT2D eigenvalue weighted by Gasteiger charge is 2.15. The summed E-state index contributed by atoms with van der Waals surface area (Å²) in [6.45, 7) is 11.0. The van der Waals surface area contributed by atoms with Crippen LogP contribution in [0.3, 0.4) is 0 Å². The lowest BCUT2D eigenvalue weighted by molar-refractivity contribution is 0.0998. The van der Waals surface area contributed by atoms with E-state index in [1.807, 2.05) is 28.8 Å². The Balaban J connectivity index is 2.10. The molecule has 0 saturated heterocycles. The number of hydrogen-bond donors (Lipinski definition) is 0. The monoisotopic (exact) mass is 376 g/mol. The van der Waals surface area contributed by atoms with Crippen molar-refractivity contribution in [2.24, 2.45) is 4.99 Å². The zero-order valence-electron chi connectivity index (χ0n) is 16.5. The highest BCUT2D eigenvalue weighted by molar-refractivity contribution is 7.16. The van der Waals surface area contributed by atoms with E-state index >= 15 is 0 Å². The van der Waals surface area contributed by atoms with Crippen LogP contribution in [-0.2, 0) is 12.0 Å². The molecule has 0 saturated carbocycles. The van der Waals surface area contributed by atoms with Crippen LogP contribution in [0.2, 0.25) is 0 Å². The van der Waals surface area contributed by atoms with Gasteiger partial charge in [-0.2, -0.15) is 4.99 Å². The van der Waals surface area contributed by atoms with Crippen molar-refractivity contribution in [2.75, 3.05) is 0 Å². The molecule has 2 aromatic carbocycles. The third-order valence-electron chi connectivity index (χ3n) is 4.56. The summed E-state index contributed by atoms with van der Waals surface area (Å²) in [5.74, 6) is 2.43. The summed E-state index contributed by atoms with van der Waals surface area (Å²) >= 11 is 1.51. The van der Waals surface area contributed by atoms with Crippen LogP contribution in [0.1, 0.15) is 47.8 Å². The van der Waals surface area contributed by atoms with Crippen LogP contribution in [0.15, 0.2) is 41.4 Å². The zero-order valence-corrected chi connectivity index (χ0v) is 17.3. The molecule has 0 atom stereocenters. The largest absolute Gasteiger partial charge is 0.305 e. The maximum Gasteiger partial charge on any atom is 0.279 e. The smallest absolute Gasteiger partial charge is 0.279 e. The lowest BCUT2D eigenvalue weighted by Gasteiger charge is -2.18. The first-order valence-corrected chi connectivity index (χ1v) is 9.76. The first kappa shape index (κ1) is 19.1. The second kappa shape index (κ2) is 7.17. The van der Waals surface area contributed by atoms with E-state index in [-0.39, 0.29) is 11.3 Å². The number of aromatic nitrogens is 1. The van der Waals surface area contributed by atoms with E-state index in [0.29, 0.717) is 16.9 Å². The van der Waals surface area contributed by atoms with Crippen molar-refractivity contribution in [3.63, 3.8) is 0 Å². The van der Waals surface area contributed by atoms with Crippen molar-refractivity contribution in [2.45, 2.75) is 46.6 Å². The van der Waals surface area contributed by atoms with E-state index in [1.165, 1.54) is 28.0 Å². The molecule has 0 unspecified atom stereocenters. The van der Waals surface area contributed by atoms with E-state index in [1.54, 1.807) is 0 Å². The Kier molecular flexibility index (Phi) is 5.08. The Hall–Kier alpha value is -2.64. The number of carbonyl (C=O) groups excluding carboxylic acids is 1. The fourth-order valence-electron chi connectivity index (χ4n) is 3.11. The van der Waals surface area contributed by atoms with Crippen LogP contribution >= 0.6 is 11.3 Å². The van der Waals surface area contributed by atoms with E-state index in [9.17, 15) is 4.79 Å². The Morgan fingerprint density at radius 1 is 1.19 bits per heavy atom. The van der Waals surface area contributed by atoms with Gasteiger partial charge in [0.2, 0.25) is 0 Å². The first-order valence-electron chi connectivity index (χ1n) is 8.94. The molecular weight excluding hydrogens is 352 g/mol. The van der Waals surface area contributed by atoms with Crippen LogP contribution in [0.25, 0.3) is 10.2 Å². The Bertz CT molecular complexity index is 1120. The van der Waals surface area contributed by atoms with E-state index in [4.69, 9.17) is 6.42 Å². The highest BCUT2D eigenvalue weighted by Crippen LogP contribution is 2.24. The van der Waals surface area contributed by atoms with Crippen molar-refractivity contribution in [3.8, 4) is 12.3 Å². The number of benzene rings is 2. The first-order chi connectivity index (χ1) is 12.7. The number of nitrogens with zero attached hydrogens (tertiary/aromatic N) is 2. The maximum atomic E-state index is 12.7. The molecule has 0 aliphatic rings. The predicted octanol–water partition coefficient (Wildman–Crippen LogP) is 4.99. The van der Waals surface area contributed by atoms with Crippen LogP contribution in [0, 0.1) is 26.2 Å². The predicted molar refractivity (Wildman–Crippen MR) is 113 cm³/mol. The Labute approximate surface area is 164 Å². The van der Waals surface area contributed by atoms with Crippen molar-refractivity contribution in [1.82, 2.24) is 4.57 Å². The van der Waals surface area contributed by atoms with Crippen LogP contribution in [-0.4, -0.2) is 10.5 Å². The van der Waals surface area contributed by atoms with Gasteiger partial charge in [-0.15, -0.1) is 6.42 Å². The molecule has 1 amide bonds. The number of amides is 1. The molecule has 3 rings (SSSR count). The minimum atomic E-state index is -0.248. The molecule has 0 spiro atoms. The lowest BCUT2D eigenvalue weighted by Crippen LogP contribution is -2.16. The Morgan fingerprint density at radius 3 is 2.44 bits per heavy atom. The summed E-state index contributed by atoms with van der Waals surface area (Å²) in [7, 11) is 0. The summed E-state index contributed by atoms with van der Waals surface area (Å²) < 4.78 is 3.06. The molecular formula is C23H24N2OS. The molecule has 4 heteroatoms. The van der Waals surface area contributed by atoms with Gasteiger partial charge >= 0.3 is 0 Å². The minimum Gasteiger partial charge on any atom is -0.305 e. The second-order valence-corrected chi connectivity index (χ2v) is 8.83. The van der Waals surface area contributed by atoms with Crippen LogP contribution < -0.4 is 4.80 Å². The summed E-state index contributed by atoms with van der Waals surface area (Å²) in [5.41, 5.74) is 5.19. The molecule has 0 aliphatic heterocycles. The van der Waals surface area contributed by atoms with Crippen LogP contribution in [0.4, 0.5) is 0 Å². The summed E-state index contributed by atoms with van der Waals surface area (Å²) in [6.07, 6.45) is 5.56. The number of carbonyl (C=O) groups is 1. The molecule has 1 aromatic heterocycles. The molecule has 0 bridgehead atoms. The van der Waals surface area contributed by atoms with Crippen molar-refractivity contribution in [3.05, 3.63) is 63.5 Å². The van der Waals surface area contributed by atoms with E-state index in [0.717, 1.165) is 10.2 Å². The van der Waals surface area contributed by atoms with Crippen molar-refractivity contribution >= 4 is 27.5 Å². The number of terminal acetylenes is 1. The topological polar surface area (TPSA) is 34.4 Å². The lowest BCUT2D eigenvalue weighted by atomic mass is 9.87. The van der Waals surface area contributed by atoms with Gasteiger partial charge in [-0.3, -0.25) is 4.79 Å². The van der Waals surface area contributed by atoms with Gasteiger partial charge in [0.1, 0.15) is 0 Å². The molecule has 0 N–H and O–H groups in total. The number of aryl methyl sites for hydroxylation is 2. The number of rotatable bonds is 2. The SMILES string of the molecule is C#CCn1c(=NC(=O)c2ccc(C(C)(C)C)cc2)sc2c(C)cc(C)cc21. The summed E-state index contributed by atoms with van der Waals surface area (Å²) in [6, 6.07) is 11.9. The van der Waals surface area contributed by atoms with Crippen molar-refractivity contribution in [1.29, 1.82) is 0 Å². The molecule has 138 valence electrons. The summed E-state index contributed by atoms with van der Waals surface area (Å²) in [5, 5.41) is 0. The number of fused-ring (bicyclic) bond motifs is 1. The van der Waals surface area contributed by atoms with Gasteiger partial charge in [-0.25, -0.2) is 0 Å². The Morgan fingerprint density at radius 2 is 1.85 bits per heavy atom. The van der Waals surface area contributed by atoms with Gasteiger partial charge in [0.15, 0.2) is 4.80 Å². The maximum absolute atomic E-state index is 12.7. The molecule has 1 heterocycles. The number of hydrogen-bond acceptors (Lipinski definition) is 2. The molecule has 0 fully saturated rings. The second-order valence-electron chi connectivity index (χ2n) is 7.85. The zero-order chi connectivity index (χ0) is 19.8. The van der Waals surface area contributed by atoms with Crippen molar-refractivity contribution < 1.29 is 4.79 Å². The third kappa shape index (κ3) is 3.89. The normalized spacial score (nSPS) is 12.4. The quantitative estimate of drug-likeness (QED) is 0.580. The van der Waals surface area contributed by atoms with E-state index in [2.05, 4.69) is 57.7 Å². The van der Waals surface area contributed by atoms with Gasteiger partial charge in [-0.1, -0.05) is 56.2 Å². The van der Waals surface area contributed by atoms with Gasteiger partial charge in [0.05, 0.1) is 16.8 Å². The molecule has 3 nitrogen and oxygen atoms in total. The van der Waals surface area contributed by atoms with Gasteiger partial charge < -0.3 is 4.57 Å². The summed E-state index contributed by atoms with van der Waals surface area (Å²) in [4.78, 5) is 17.8. The molecule has 27 heavy (non-hydrogen) atoms. The van der Waals surface area contributed by atoms with E-state index < -0.39 is 0 Å². The molecule has 0 aliphatic carbocycles. The van der Waals surface area contributed by atoms with Gasteiger partial charge in [0, 0.05) is 5.56 Å². The standard InChI is InChI=1S/C23H24N2OS/c1-7-12-25-19-14-15(2)13-16(3)20(19)27-22(25)24-21(26)17-8-10-18(11-9-17)23(4,5)6/h1,8-11,13-14H,12H2,2-6H3. The van der Waals surface area contributed by atoms with Crippen LogP contribution in [0.5, 0.6) is 0 Å². The third-order valence-corrected chi connectivity index (χ3v) is 5.79. The highest BCUT2D eigenvalue weighted by atomic mass is 32.1. The van der Waals surface area contributed by atoms with Gasteiger partial charge in [0.25, 0.3) is 5.91 Å². The average Bonchev–Trinajstić information content (AvgIpc) is 2.92. The molecule has 0 radical (unpaired) electrons. The fourth-order valence-corrected chi connectivity index (χ4v) is 4.18. The molecule has 3 aromatic rings. The van der Waals surface area contributed by atoms with Gasteiger partial charge in [-0.05, 0) is 54.2 Å². The fraction of sp³-hybridized carbons (Fsp3) is 0.304.